The van der Waals surface area contributed by atoms with E-state index in [1.807, 2.05) is 13.8 Å². The number of rotatable bonds is 0. The fourth-order valence-corrected chi connectivity index (χ4v) is 1.14. The largest absolute Gasteiger partial charge is 1.00 e. The van der Waals surface area contributed by atoms with Crippen LogP contribution in [0.25, 0.3) is 0 Å². The Morgan fingerprint density at radius 2 is 1.55 bits per heavy atom. The normalized spacial score (nSPS) is 9.00. The first-order chi connectivity index (χ1) is 4.61. The smallest absolute Gasteiger partial charge is 0.872 e. The van der Waals surface area contributed by atoms with E-state index in [1.54, 1.807) is 12.1 Å². The van der Waals surface area contributed by atoms with E-state index in [2.05, 4.69) is 15.9 Å². The van der Waals surface area contributed by atoms with E-state index in [-0.39, 0.29) is 57.1 Å². The van der Waals surface area contributed by atoms with Crippen LogP contribution in [0.5, 0.6) is 5.75 Å². The third kappa shape index (κ3) is 3.17. The van der Waals surface area contributed by atoms with E-state index in [0.29, 0.717) is 0 Å². The summed E-state index contributed by atoms with van der Waals surface area (Å²) in [5.41, 5.74) is 2.01. The molecule has 0 aromatic heterocycles. The van der Waals surface area contributed by atoms with Gasteiger partial charge in [0.05, 0.1) is 0 Å². The molecule has 3 heteroatoms. The Morgan fingerprint density at radius 1 is 1.18 bits per heavy atom. The summed E-state index contributed by atoms with van der Waals surface area (Å²) in [4.78, 5) is 0. The number of benzene rings is 1. The number of hydrogen-bond donors (Lipinski definition) is 0. The third-order valence-electron chi connectivity index (χ3n) is 1.41. The van der Waals surface area contributed by atoms with E-state index < -0.39 is 0 Å². The molecular weight excluding hydrogens is 231 g/mol. The molecule has 1 aromatic carbocycles. The summed E-state index contributed by atoms with van der Waals surface area (Å²) in [6, 6.07) is 3.24. The van der Waals surface area contributed by atoms with E-state index >= 15 is 0 Å². The molecule has 0 bridgehead atoms. The molecule has 0 atom stereocenters. The monoisotopic (exact) mass is 238 g/mol. The molecule has 0 aliphatic carbocycles. The van der Waals surface area contributed by atoms with Gasteiger partial charge in [-0.05, 0) is 25.0 Å². The van der Waals surface area contributed by atoms with Crippen LogP contribution in [-0.2, 0) is 0 Å². The Kier molecular flexibility index (Phi) is 5.51. The summed E-state index contributed by atoms with van der Waals surface area (Å²) >= 11 is 3.37. The van der Waals surface area contributed by atoms with Crippen LogP contribution < -0.4 is 56.5 Å². The third-order valence-corrected chi connectivity index (χ3v) is 2.66. The van der Waals surface area contributed by atoms with Gasteiger partial charge in [-0.3, -0.25) is 0 Å². The van der Waals surface area contributed by atoms with Gasteiger partial charge in [0.1, 0.15) is 0 Å². The molecule has 11 heavy (non-hydrogen) atoms. The van der Waals surface area contributed by atoms with Crippen LogP contribution in [-0.4, -0.2) is 0 Å². The molecular formula is C8H8BrKO. The van der Waals surface area contributed by atoms with Gasteiger partial charge in [0.25, 0.3) is 0 Å². The van der Waals surface area contributed by atoms with Crippen molar-refractivity contribution in [3.05, 3.63) is 27.7 Å². The van der Waals surface area contributed by atoms with Gasteiger partial charge in [-0.2, -0.15) is 0 Å². The summed E-state index contributed by atoms with van der Waals surface area (Å²) in [6.45, 7) is 3.83. The standard InChI is InChI=1S/C8H9BrO.K/c1-5-3-7(10)4-6(2)8(5)9;/h3-4,10H,1-2H3;/q;+1/p-1. The molecule has 0 aliphatic heterocycles. The Balaban J connectivity index is 0.000001000. The summed E-state index contributed by atoms with van der Waals surface area (Å²) in [6.07, 6.45) is 0. The van der Waals surface area contributed by atoms with Gasteiger partial charge < -0.3 is 5.11 Å². The van der Waals surface area contributed by atoms with Crippen LogP contribution in [0.3, 0.4) is 0 Å². The zero-order valence-corrected chi connectivity index (χ0v) is 11.7. The SMILES string of the molecule is Cc1cc([O-])cc(C)c1Br.[K+]. The van der Waals surface area contributed by atoms with Gasteiger partial charge in [-0.25, -0.2) is 0 Å². The Bertz CT molecular complexity index is 237. The second-order valence-corrected chi connectivity index (χ2v) is 3.16. The summed E-state index contributed by atoms with van der Waals surface area (Å²) < 4.78 is 1.03. The quantitative estimate of drug-likeness (QED) is 0.540. The molecule has 54 valence electrons. The van der Waals surface area contributed by atoms with Gasteiger partial charge in [0.2, 0.25) is 0 Å². The van der Waals surface area contributed by atoms with Crippen LogP contribution in [0.15, 0.2) is 16.6 Å². The Labute approximate surface area is 118 Å². The van der Waals surface area contributed by atoms with Gasteiger partial charge in [-0.15, -0.1) is 5.75 Å². The fourth-order valence-electron chi connectivity index (χ4n) is 0.906. The van der Waals surface area contributed by atoms with Crippen molar-refractivity contribution in [3.63, 3.8) is 0 Å². The average molecular weight is 239 g/mol. The second kappa shape index (κ2) is 4.99. The molecule has 0 spiro atoms. The first-order valence-corrected chi connectivity index (χ1v) is 3.84. The molecule has 0 N–H and O–H groups in total. The van der Waals surface area contributed by atoms with E-state index in [9.17, 15) is 5.11 Å². The van der Waals surface area contributed by atoms with Crippen molar-refractivity contribution in [3.8, 4) is 5.75 Å². The fraction of sp³-hybridized carbons (Fsp3) is 0.250. The molecule has 0 saturated heterocycles. The van der Waals surface area contributed by atoms with Gasteiger partial charge in [0.15, 0.2) is 0 Å². The van der Waals surface area contributed by atoms with Crippen molar-refractivity contribution < 1.29 is 56.5 Å². The minimum absolute atomic E-state index is 0. The topological polar surface area (TPSA) is 23.1 Å². The molecule has 0 radical (unpaired) electrons. The zero-order valence-electron chi connectivity index (χ0n) is 6.94. The van der Waals surface area contributed by atoms with Crippen LogP contribution >= 0.6 is 15.9 Å². The Hall–Kier alpha value is 1.14. The molecule has 0 saturated carbocycles. The maximum absolute atomic E-state index is 10.8. The number of aryl methyl sites for hydroxylation is 2. The summed E-state index contributed by atoms with van der Waals surface area (Å²) in [7, 11) is 0. The molecule has 0 unspecified atom stereocenters. The molecule has 1 nitrogen and oxygen atoms in total. The van der Waals surface area contributed by atoms with Crippen molar-refractivity contribution in [2.75, 3.05) is 0 Å². The second-order valence-electron chi connectivity index (χ2n) is 2.37. The van der Waals surface area contributed by atoms with Crippen LogP contribution in [0.1, 0.15) is 11.1 Å². The van der Waals surface area contributed by atoms with Crippen LogP contribution in [0, 0.1) is 13.8 Å². The summed E-state index contributed by atoms with van der Waals surface area (Å²) in [5.74, 6) is 0.0817. The average Bonchev–Trinajstić information content (AvgIpc) is 1.82. The number of halogens is 1. The number of hydrogen-bond acceptors (Lipinski definition) is 1. The minimum atomic E-state index is 0. The van der Waals surface area contributed by atoms with Crippen molar-refractivity contribution >= 4 is 15.9 Å². The predicted octanol–water partition coefficient (Wildman–Crippen LogP) is -0.856. The first-order valence-electron chi connectivity index (χ1n) is 3.05. The van der Waals surface area contributed by atoms with E-state index in [1.165, 1.54) is 0 Å². The van der Waals surface area contributed by atoms with Crippen LogP contribution in [0.2, 0.25) is 0 Å². The van der Waals surface area contributed by atoms with Gasteiger partial charge >= 0.3 is 51.4 Å². The van der Waals surface area contributed by atoms with Crippen LogP contribution in [0.4, 0.5) is 0 Å². The zero-order chi connectivity index (χ0) is 7.72. The van der Waals surface area contributed by atoms with Crippen molar-refractivity contribution in [2.24, 2.45) is 0 Å². The van der Waals surface area contributed by atoms with E-state index in [4.69, 9.17) is 0 Å². The van der Waals surface area contributed by atoms with E-state index in [0.717, 1.165) is 15.6 Å². The van der Waals surface area contributed by atoms with Gasteiger partial charge in [-0.1, -0.05) is 28.1 Å². The van der Waals surface area contributed by atoms with Crippen molar-refractivity contribution in [1.29, 1.82) is 0 Å². The minimum Gasteiger partial charge on any atom is -0.872 e. The Morgan fingerprint density at radius 3 is 1.91 bits per heavy atom. The maximum Gasteiger partial charge on any atom is 1.00 e. The molecule has 1 rings (SSSR count). The van der Waals surface area contributed by atoms with Gasteiger partial charge in [0, 0.05) is 4.47 Å². The molecule has 0 heterocycles. The molecule has 1 aromatic rings. The first kappa shape index (κ1) is 12.1. The maximum atomic E-state index is 10.8. The molecule has 0 aliphatic rings. The summed E-state index contributed by atoms with van der Waals surface area (Å²) in [5, 5.41) is 10.8. The molecule has 0 fully saturated rings. The van der Waals surface area contributed by atoms with Crippen molar-refractivity contribution in [1.82, 2.24) is 0 Å². The predicted molar refractivity (Wildman–Crippen MR) is 43.1 cm³/mol. The van der Waals surface area contributed by atoms with Crippen molar-refractivity contribution in [2.45, 2.75) is 13.8 Å². The molecule has 0 amide bonds.